The summed E-state index contributed by atoms with van der Waals surface area (Å²) in [5.74, 6) is 1.32. The lowest BCUT2D eigenvalue weighted by atomic mass is 9.97. The van der Waals surface area contributed by atoms with Crippen LogP contribution in [0.2, 0.25) is 0 Å². The minimum absolute atomic E-state index is 0.0112. The zero-order valence-electron chi connectivity index (χ0n) is 17.6. The summed E-state index contributed by atoms with van der Waals surface area (Å²) in [6.07, 6.45) is 1.90. The third-order valence-electron chi connectivity index (χ3n) is 5.68. The van der Waals surface area contributed by atoms with Crippen LogP contribution in [0.3, 0.4) is 0 Å². The van der Waals surface area contributed by atoms with E-state index in [9.17, 15) is 4.79 Å². The second-order valence-electron chi connectivity index (χ2n) is 8.10. The Kier molecular flexibility index (Phi) is 6.23. The van der Waals surface area contributed by atoms with E-state index in [4.69, 9.17) is 4.52 Å². The van der Waals surface area contributed by atoms with E-state index < -0.39 is 0 Å². The van der Waals surface area contributed by atoms with Gasteiger partial charge in [-0.05, 0) is 44.4 Å². The summed E-state index contributed by atoms with van der Waals surface area (Å²) < 4.78 is 5.48. The zero-order valence-corrected chi connectivity index (χ0v) is 17.6. The van der Waals surface area contributed by atoms with Crippen LogP contribution in [0.5, 0.6) is 0 Å². The molecule has 0 spiro atoms. The number of nitrogens with zero attached hydrogens (tertiary/aromatic N) is 3. The monoisotopic (exact) mass is 404 g/mol. The Balaban J connectivity index is 1.32. The number of likely N-dealkylation sites (tertiary alicyclic amines) is 1. The Hall–Kier alpha value is -2.99. The average molecular weight is 405 g/mol. The second-order valence-corrected chi connectivity index (χ2v) is 8.10. The molecule has 1 aliphatic rings. The van der Waals surface area contributed by atoms with Crippen LogP contribution >= 0.6 is 0 Å². The van der Waals surface area contributed by atoms with Gasteiger partial charge in [-0.2, -0.15) is 4.98 Å². The van der Waals surface area contributed by atoms with E-state index in [2.05, 4.69) is 51.5 Å². The standard InChI is InChI=1S/C24H28N4O2/c1-17-9-11-19(12-10-17)14-25-24(29)20-7-5-13-28(15-20)16-22-26-23(27-30-22)21-8-4-3-6-18(21)2/h3-4,6,8-12,20H,5,7,13-16H2,1-2H3,(H,25,29). The highest BCUT2D eigenvalue weighted by Gasteiger charge is 2.26. The first-order valence-corrected chi connectivity index (χ1v) is 10.5. The van der Waals surface area contributed by atoms with Crippen LogP contribution in [0.1, 0.15) is 35.4 Å². The van der Waals surface area contributed by atoms with Gasteiger partial charge in [0, 0.05) is 18.7 Å². The summed E-state index contributed by atoms with van der Waals surface area (Å²) in [7, 11) is 0. The fourth-order valence-electron chi connectivity index (χ4n) is 3.90. The Morgan fingerprint density at radius 1 is 1.17 bits per heavy atom. The van der Waals surface area contributed by atoms with Crippen LogP contribution in [0.25, 0.3) is 11.4 Å². The maximum atomic E-state index is 12.7. The number of benzene rings is 2. The van der Waals surface area contributed by atoms with E-state index in [0.717, 1.165) is 36.1 Å². The van der Waals surface area contributed by atoms with Crippen LogP contribution in [0.15, 0.2) is 53.1 Å². The molecule has 1 aliphatic heterocycles. The average Bonchev–Trinajstić information content (AvgIpc) is 3.22. The first kappa shape index (κ1) is 20.3. The topological polar surface area (TPSA) is 71.3 Å². The Bertz CT molecular complexity index is 996. The molecule has 0 bridgehead atoms. The normalized spacial score (nSPS) is 17.1. The molecule has 1 amide bonds. The highest BCUT2D eigenvalue weighted by Crippen LogP contribution is 2.22. The van der Waals surface area contributed by atoms with Crippen LogP contribution in [0, 0.1) is 19.8 Å². The van der Waals surface area contributed by atoms with E-state index in [1.165, 1.54) is 5.56 Å². The molecule has 1 aromatic heterocycles. The molecule has 0 aliphatic carbocycles. The van der Waals surface area contributed by atoms with Crippen LogP contribution < -0.4 is 5.32 Å². The van der Waals surface area contributed by atoms with Crippen molar-refractivity contribution in [3.63, 3.8) is 0 Å². The lowest BCUT2D eigenvalue weighted by Gasteiger charge is -2.30. The summed E-state index contributed by atoms with van der Waals surface area (Å²) in [6, 6.07) is 16.3. The predicted octanol–water partition coefficient (Wildman–Crippen LogP) is 3.88. The fraction of sp³-hybridized carbons (Fsp3) is 0.375. The van der Waals surface area contributed by atoms with E-state index in [1.807, 2.05) is 31.2 Å². The van der Waals surface area contributed by atoms with Crippen molar-refractivity contribution in [1.82, 2.24) is 20.4 Å². The molecule has 0 saturated carbocycles. The number of rotatable bonds is 6. The van der Waals surface area contributed by atoms with Gasteiger partial charge < -0.3 is 9.84 Å². The van der Waals surface area contributed by atoms with Gasteiger partial charge in [0.1, 0.15) is 0 Å². The molecule has 30 heavy (non-hydrogen) atoms. The summed E-state index contributed by atoms with van der Waals surface area (Å²) in [6.45, 7) is 6.88. The number of hydrogen-bond acceptors (Lipinski definition) is 5. The van der Waals surface area contributed by atoms with Gasteiger partial charge >= 0.3 is 0 Å². The van der Waals surface area contributed by atoms with Gasteiger partial charge in [-0.25, -0.2) is 0 Å². The molecule has 156 valence electrons. The second kappa shape index (κ2) is 9.22. The van der Waals surface area contributed by atoms with Crippen molar-refractivity contribution in [3.8, 4) is 11.4 Å². The van der Waals surface area contributed by atoms with Crippen molar-refractivity contribution in [1.29, 1.82) is 0 Å². The van der Waals surface area contributed by atoms with E-state index in [0.29, 0.717) is 31.3 Å². The van der Waals surface area contributed by atoms with E-state index in [1.54, 1.807) is 0 Å². The first-order chi connectivity index (χ1) is 14.6. The van der Waals surface area contributed by atoms with Crippen LogP contribution in [0.4, 0.5) is 0 Å². The van der Waals surface area contributed by atoms with Gasteiger partial charge in [0.2, 0.25) is 17.6 Å². The fourth-order valence-corrected chi connectivity index (χ4v) is 3.90. The molecule has 2 aromatic carbocycles. The van der Waals surface area contributed by atoms with Crippen LogP contribution in [-0.4, -0.2) is 34.0 Å². The lowest BCUT2D eigenvalue weighted by Crippen LogP contribution is -2.42. The van der Waals surface area contributed by atoms with E-state index in [-0.39, 0.29) is 11.8 Å². The van der Waals surface area contributed by atoms with Gasteiger partial charge in [-0.15, -0.1) is 0 Å². The molecule has 2 heterocycles. The molecular weight excluding hydrogens is 376 g/mol. The van der Waals surface area contributed by atoms with E-state index >= 15 is 0 Å². The molecule has 1 saturated heterocycles. The maximum Gasteiger partial charge on any atom is 0.241 e. The first-order valence-electron chi connectivity index (χ1n) is 10.5. The summed E-state index contributed by atoms with van der Waals surface area (Å²) in [4.78, 5) is 19.5. The van der Waals surface area contributed by atoms with Crippen molar-refractivity contribution >= 4 is 5.91 Å². The zero-order chi connectivity index (χ0) is 20.9. The minimum atomic E-state index is -0.0112. The Morgan fingerprint density at radius 2 is 1.97 bits per heavy atom. The molecule has 6 heteroatoms. The SMILES string of the molecule is Cc1ccc(CNC(=O)C2CCCN(Cc3nc(-c4ccccc4C)no3)C2)cc1. The number of piperidine rings is 1. The molecule has 1 fully saturated rings. The molecule has 3 aromatic rings. The third kappa shape index (κ3) is 4.94. The highest BCUT2D eigenvalue weighted by molar-refractivity contribution is 5.79. The molecule has 1 unspecified atom stereocenters. The molecule has 1 N–H and O–H groups in total. The van der Waals surface area contributed by atoms with Gasteiger partial charge in [0.25, 0.3) is 0 Å². The summed E-state index contributed by atoms with van der Waals surface area (Å²) in [5, 5.41) is 7.23. The predicted molar refractivity (Wildman–Crippen MR) is 115 cm³/mol. The third-order valence-corrected chi connectivity index (χ3v) is 5.68. The molecule has 0 radical (unpaired) electrons. The van der Waals surface area contributed by atoms with Crippen molar-refractivity contribution in [2.75, 3.05) is 13.1 Å². The van der Waals surface area contributed by atoms with Crippen molar-refractivity contribution in [3.05, 3.63) is 71.1 Å². The summed E-state index contributed by atoms with van der Waals surface area (Å²) in [5.41, 5.74) is 4.45. The molecule has 1 atom stereocenters. The molecule has 6 nitrogen and oxygen atoms in total. The largest absolute Gasteiger partial charge is 0.352 e. The van der Waals surface area contributed by atoms with Crippen LogP contribution in [-0.2, 0) is 17.9 Å². The molecule has 4 rings (SSSR count). The van der Waals surface area contributed by atoms with Gasteiger partial charge in [0.15, 0.2) is 0 Å². The van der Waals surface area contributed by atoms with Gasteiger partial charge in [0.05, 0.1) is 12.5 Å². The Morgan fingerprint density at radius 3 is 2.77 bits per heavy atom. The number of aryl methyl sites for hydroxylation is 2. The summed E-state index contributed by atoms with van der Waals surface area (Å²) >= 11 is 0. The number of hydrogen-bond donors (Lipinski definition) is 1. The quantitative estimate of drug-likeness (QED) is 0.675. The maximum absolute atomic E-state index is 12.7. The van der Waals surface area contributed by atoms with Crippen molar-refractivity contribution in [2.45, 2.75) is 39.8 Å². The smallest absolute Gasteiger partial charge is 0.241 e. The van der Waals surface area contributed by atoms with Crippen molar-refractivity contribution < 1.29 is 9.32 Å². The highest BCUT2D eigenvalue weighted by atomic mass is 16.5. The molecular formula is C24H28N4O2. The number of aromatic nitrogens is 2. The van der Waals surface area contributed by atoms with Gasteiger partial charge in [-0.3, -0.25) is 9.69 Å². The number of amides is 1. The number of nitrogens with one attached hydrogen (secondary N) is 1. The number of carbonyl (C=O) groups excluding carboxylic acids is 1. The Labute approximate surface area is 177 Å². The van der Waals surface area contributed by atoms with Crippen molar-refractivity contribution in [2.24, 2.45) is 5.92 Å². The van der Waals surface area contributed by atoms with Gasteiger partial charge in [-0.1, -0.05) is 59.3 Å². The number of carbonyl (C=O) groups is 1. The minimum Gasteiger partial charge on any atom is -0.352 e. The lowest BCUT2D eigenvalue weighted by molar-refractivity contribution is -0.127.